The summed E-state index contributed by atoms with van der Waals surface area (Å²) in [6.07, 6.45) is 29.3. The molecule has 1 nitrogen and oxygen atoms in total. The van der Waals surface area contributed by atoms with E-state index in [0.717, 1.165) is 6.61 Å². The van der Waals surface area contributed by atoms with Gasteiger partial charge in [0, 0.05) is 0 Å². The van der Waals surface area contributed by atoms with Crippen LogP contribution < -0.4 is 0 Å². The van der Waals surface area contributed by atoms with Crippen molar-refractivity contribution in [3.63, 3.8) is 0 Å². The fourth-order valence-electron chi connectivity index (χ4n) is 3.21. The van der Waals surface area contributed by atoms with Crippen molar-refractivity contribution in [2.45, 2.75) is 122 Å². The van der Waals surface area contributed by atoms with Crippen LogP contribution in [-0.4, -0.2) is 12.7 Å². The average molecular weight is 323 g/mol. The summed E-state index contributed by atoms with van der Waals surface area (Å²) in [4.78, 5) is 0. The van der Waals surface area contributed by atoms with Gasteiger partial charge in [-0.2, -0.15) is 0 Å². The topological polar surface area (TPSA) is 12.5 Å². The first-order chi connectivity index (χ1) is 11.4. The molecule has 23 heavy (non-hydrogen) atoms. The van der Waals surface area contributed by atoms with Crippen molar-refractivity contribution in [1.29, 1.82) is 0 Å². The lowest BCUT2D eigenvalue weighted by Crippen LogP contribution is -1.86. The van der Waals surface area contributed by atoms with Gasteiger partial charge in [-0.05, 0) is 32.1 Å². The fraction of sp³-hybridized carbons (Fsp3) is 0.909. The first-order valence-electron chi connectivity index (χ1n) is 10.7. The molecule has 0 saturated carbocycles. The highest BCUT2D eigenvalue weighted by molar-refractivity contribution is 4.81. The van der Waals surface area contributed by atoms with Crippen molar-refractivity contribution in [2.24, 2.45) is 0 Å². The lowest BCUT2D eigenvalue weighted by atomic mass is 10.1. The number of unbranched alkanes of at least 4 members (excludes halogenated alkanes) is 14. The lowest BCUT2D eigenvalue weighted by molar-refractivity contribution is 0.387. The molecule has 1 rings (SSSR count). The van der Waals surface area contributed by atoms with Crippen molar-refractivity contribution < 1.29 is 4.74 Å². The first-order valence-corrected chi connectivity index (χ1v) is 10.7. The Hall–Kier alpha value is -0.300. The Morgan fingerprint density at radius 1 is 0.652 bits per heavy atom. The maximum Gasteiger partial charge on any atom is 0.0810 e. The second-order valence-electron chi connectivity index (χ2n) is 7.39. The molecule has 1 heterocycles. The highest BCUT2D eigenvalue weighted by atomic mass is 16.6. The third-order valence-corrected chi connectivity index (χ3v) is 4.94. The van der Waals surface area contributed by atoms with Crippen LogP contribution in [0.2, 0.25) is 0 Å². The highest BCUT2D eigenvalue weighted by Crippen LogP contribution is 2.18. The van der Waals surface area contributed by atoms with Crippen molar-refractivity contribution in [1.82, 2.24) is 0 Å². The molecule has 1 unspecified atom stereocenters. The molecule has 0 aromatic heterocycles. The van der Waals surface area contributed by atoms with E-state index in [-0.39, 0.29) is 0 Å². The molecule has 0 bridgehead atoms. The van der Waals surface area contributed by atoms with E-state index in [0.29, 0.717) is 6.10 Å². The number of allylic oxidation sites excluding steroid dienone is 2. The number of rotatable bonds is 18. The molecule has 1 heteroatoms. The summed E-state index contributed by atoms with van der Waals surface area (Å²) >= 11 is 0. The van der Waals surface area contributed by atoms with Gasteiger partial charge in [-0.25, -0.2) is 0 Å². The zero-order valence-electron chi connectivity index (χ0n) is 15.9. The normalized spacial score (nSPS) is 17.2. The van der Waals surface area contributed by atoms with Crippen LogP contribution >= 0.6 is 0 Å². The molecule has 1 atom stereocenters. The second-order valence-corrected chi connectivity index (χ2v) is 7.39. The van der Waals surface area contributed by atoms with E-state index in [9.17, 15) is 0 Å². The maximum atomic E-state index is 5.24. The van der Waals surface area contributed by atoms with Gasteiger partial charge in [0.05, 0.1) is 12.7 Å². The summed E-state index contributed by atoms with van der Waals surface area (Å²) in [6, 6.07) is 0. The third-order valence-electron chi connectivity index (χ3n) is 4.94. The van der Waals surface area contributed by atoms with Crippen LogP contribution in [0.3, 0.4) is 0 Å². The van der Waals surface area contributed by atoms with Crippen LogP contribution in [0, 0.1) is 0 Å². The molecule has 0 amide bonds. The Morgan fingerprint density at radius 3 is 1.57 bits per heavy atom. The molecule has 0 aromatic rings. The Kier molecular flexibility index (Phi) is 14.9. The molecule has 0 aromatic carbocycles. The molecule has 0 N–H and O–H groups in total. The van der Waals surface area contributed by atoms with Crippen LogP contribution in [0.4, 0.5) is 0 Å². The number of hydrogen-bond donors (Lipinski definition) is 0. The fourth-order valence-corrected chi connectivity index (χ4v) is 3.21. The van der Waals surface area contributed by atoms with Gasteiger partial charge in [0.25, 0.3) is 0 Å². The summed E-state index contributed by atoms with van der Waals surface area (Å²) in [5, 5.41) is 0. The van der Waals surface area contributed by atoms with E-state index < -0.39 is 0 Å². The van der Waals surface area contributed by atoms with E-state index in [1.54, 1.807) is 0 Å². The molecule has 0 spiro atoms. The van der Waals surface area contributed by atoms with Crippen LogP contribution in [0.25, 0.3) is 0 Å². The lowest BCUT2D eigenvalue weighted by Gasteiger charge is -2.01. The quantitative estimate of drug-likeness (QED) is 0.144. The molecular formula is C22H42O. The summed E-state index contributed by atoms with van der Waals surface area (Å²) in [7, 11) is 0. The molecule has 1 fully saturated rings. The van der Waals surface area contributed by atoms with Gasteiger partial charge in [0.1, 0.15) is 0 Å². The summed E-state index contributed by atoms with van der Waals surface area (Å²) in [5.41, 5.74) is 0. The highest BCUT2D eigenvalue weighted by Gasteiger charge is 2.20. The van der Waals surface area contributed by atoms with Crippen LogP contribution in [-0.2, 0) is 4.74 Å². The Bertz CT molecular complexity index is 255. The number of hydrogen-bond acceptors (Lipinski definition) is 1. The van der Waals surface area contributed by atoms with Crippen molar-refractivity contribution in [3.8, 4) is 0 Å². The third kappa shape index (κ3) is 16.3. The van der Waals surface area contributed by atoms with Gasteiger partial charge in [-0.15, -0.1) is 0 Å². The number of epoxide rings is 1. The summed E-state index contributed by atoms with van der Waals surface area (Å²) in [5.74, 6) is 0. The SMILES string of the molecule is CCCCCCCCC=CCCCCCCCCCCC1CO1. The van der Waals surface area contributed by atoms with E-state index in [4.69, 9.17) is 4.74 Å². The molecule has 1 aliphatic heterocycles. The van der Waals surface area contributed by atoms with Gasteiger partial charge in [0.15, 0.2) is 0 Å². The predicted octanol–water partition coefficient (Wildman–Crippen LogP) is 7.59. The Labute approximate surface area is 146 Å². The van der Waals surface area contributed by atoms with E-state index >= 15 is 0 Å². The van der Waals surface area contributed by atoms with E-state index in [1.165, 1.54) is 109 Å². The van der Waals surface area contributed by atoms with Gasteiger partial charge in [-0.3, -0.25) is 0 Å². The summed E-state index contributed by atoms with van der Waals surface area (Å²) < 4.78 is 5.24. The second kappa shape index (κ2) is 16.6. The minimum Gasteiger partial charge on any atom is -0.373 e. The zero-order chi connectivity index (χ0) is 16.4. The maximum absolute atomic E-state index is 5.24. The van der Waals surface area contributed by atoms with Crippen LogP contribution in [0.15, 0.2) is 12.2 Å². The molecule has 136 valence electrons. The van der Waals surface area contributed by atoms with Gasteiger partial charge < -0.3 is 4.74 Å². The van der Waals surface area contributed by atoms with E-state index in [2.05, 4.69) is 19.1 Å². The van der Waals surface area contributed by atoms with Gasteiger partial charge >= 0.3 is 0 Å². The van der Waals surface area contributed by atoms with Crippen molar-refractivity contribution in [3.05, 3.63) is 12.2 Å². The molecule has 0 radical (unpaired) electrons. The number of ether oxygens (including phenoxy) is 1. The largest absolute Gasteiger partial charge is 0.373 e. The molecule has 1 saturated heterocycles. The molecule has 1 aliphatic rings. The van der Waals surface area contributed by atoms with Gasteiger partial charge in [-0.1, -0.05) is 96.1 Å². The van der Waals surface area contributed by atoms with Crippen LogP contribution in [0.1, 0.15) is 116 Å². The molecular weight excluding hydrogens is 280 g/mol. The standard InChI is InChI=1S/C22H42O/c1-2-3-4-5-6-7-8-9-10-11-12-13-14-15-16-17-18-19-20-22-21-23-22/h9-10,22H,2-8,11-21H2,1H3. The minimum atomic E-state index is 0.643. The van der Waals surface area contributed by atoms with Crippen molar-refractivity contribution >= 4 is 0 Å². The van der Waals surface area contributed by atoms with Crippen molar-refractivity contribution in [2.75, 3.05) is 6.61 Å². The van der Waals surface area contributed by atoms with Gasteiger partial charge in [0.2, 0.25) is 0 Å². The Balaban J connectivity index is 1.65. The minimum absolute atomic E-state index is 0.643. The Morgan fingerprint density at radius 2 is 1.09 bits per heavy atom. The zero-order valence-corrected chi connectivity index (χ0v) is 15.9. The summed E-state index contributed by atoms with van der Waals surface area (Å²) in [6.45, 7) is 3.32. The monoisotopic (exact) mass is 322 g/mol. The smallest absolute Gasteiger partial charge is 0.0810 e. The average Bonchev–Trinajstić information content (AvgIpc) is 3.38. The molecule has 0 aliphatic carbocycles. The van der Waals surface area contributed by atoms with Crippen LogP contribution in [0.5, 0.6) is 0 Å². The predicted molar refractivity (Wildman–Crippen MR) is 103 cm³/mol. The first kappa shape index (κ1) is 20.7. The van der Waals surface area contributed by atoms with E-state index in [1.807, 2.05) is 0 Å².